The number of amides is 1. The first-order valence-electron chi connectivity index (χ1n) is 8.94. The fourth-order valence-corrected chi connectivity index (χ4v) is 2.32. The van der Waals surface area contributed by atoms with E-state index < -0.39 is 30.9 Å². The van der Waals surface area contributed by atoms with Gasteiger partial charge in [-0.2, -0.15) is 0 Å². The SMILES string of the molecule is [2H]C1([2H])C2=C(Cc3ccc(C)cc32)[C@]([2H])(C(N)=O)C([2H])([2H])C1([2H])[2H]. The first-order chi connectivity index (χ1) is 10.8. The van der Waals surface area contributed by atoms with E-state index in [4.69, 9.17) is 15.3 Å². The van der Waals surface area contributed by atoms with E-state index in [1.54, 1.807) is 25.1 Å². The number of hydrogen-bond donors (Lipinski definition) is 1. The van der Waals surface area contributed by atoms with E-state index in [2.05, 4.69) is 0 Å². The number of rotatable bonds is 1. The quantitative estimate of drug-likeness (QED) is 0.797. The number of allylic oxidation sites excluding steroid dienone is 1. The number of fused-ring (bicyclic) bond motifs is 2. The average Bonchev–Trinajstić information content (AvgIpc) is 2.83. The third kappa shape index (κ3) is 1.59. The third-order valence-electron chi connectivity index (χ3n) is 3.13. The van der Waals surface area contributed by atoms with Gasteiger partial charge in [0, 0.05) is 9.60 Å². The zero-order chi connectivity index (χ0) is 18.3. The number of primary amides is 1. The predicted molar refractivity (Wildman–Crippen MR) is 68.3 cm³/mol. The van der Waals surface area contributed by atoms with E-state index >= 15 is 0 Å². The number of aryl methyl sites for hydroxylation is 1. The molecule has 0 spiro atoms. The van der Waals surface area contributed by atoms with Crippen LogP contribution in [0.4, 0.5) is 0 Å². The van der Waals surface area contributed by atoms with Crippen molar-refractivity contribution in [2.75, 3.05) is 0 Å². The minimum Gasteiger partial charge on any atom is -0.369 e. The van der Waals surface area contributed by atoms with Gasteiger partial charge >= 0.3 is 0 Å². The van der Waals surface area contributed by atoms with Crippen LogP contribution in [-0.4, -0.2) is 5.91 Å². The lowest BCUT2D eigenvalue weighted by Gasteiger charge is -2.22. The van der Waals surface area contributed by atoms with Crippen molar-refractivity contribution in [1.29, 1.82) is 0 Å². The lowest BCUT2D eigenvalue weighted by atomic mass is 9.82. The molecule has 1 atom stereocenters. The average molecular weight is 234 g/mol. The minimum absolute atomic E-state index is 0.00644. The molecular formula is C15H17NO. The maximum Gasteiger partial charge on any atom is 0.224 e. The number of nitrogens with two attached hydrogens (primary N) is 1. The second kappa shape index (κ2) is 3.73. The number of benzene rings is 1. The smallest absolute Gasteiger partial charge is 0.224 e. The van der Waals surface area contributed by atoms with Crippen LogP contribution in [0.5, 0.6) is 0 Å². The predicted octanol–water partition coefficient (Wildman–Crippen LogP) is 2.59. The van der Waals surface area contributed by atoms with Gasteiger partial charge in [0.15, 0.2) is 0 Å². The molecule has 17 heavy (non-hydrogen) atoms. The molecule has 2 nitrogen and oxygen atoms in total. The van der Waals surface area contributed by atoms with Gasteiger partial charge in [0.1, 0.15) is 0 Å². The van der Waals surface area contributed by atoms with Crippen molar-refractivity contribution in [3.63, 3.8) is 0 Å². The van der Waals surface area contributed by atoms with Crippen molar-refractivity contribution < 1.29 is 14.4 Å². The van der Waals surface area contributed by atoms with Crippen molar-refractivity contribution in [2.24, 2.45) is 11.6 Å². The summed E-state index contributed by atoms with van der Waals surface area (Å²) in [6.45, 7) is 1.80. The molecule has 0 aliphatic heterocycles. The van der Waals surface area contributed by atoms with Crippen molar-refractivity contribution in [2.45, 2.75) is 32.5 Å². The van der Waals surface area contributed by atoms with Crippen LogP contribution in [0.3, 0.4) is 0 Å². The topological polar surface area (TPSA) is 43.1 Å². The highest BCUT2D eigenvalue weighted by Crippen LogP contribution is 2.44. The van der Waals surface area contributed by atoms with Crippen LogP contribution in [0.1, 0.15) is 45.4 Å². The lowest BCUT2D eigenvalue weighted by molar-refractivity contribution is -0.121. The Kier molecular flexibility index (Phi) is 1.18. The Balaban J connectivity index is 2.44. The summed E-state index contributed by atoms with van der Waals surface area (Å²) in [5, 5.41) is 0. The monoisotopic (exact) mass is 234 g/mol. The standard InChI is InChI=1S/C15H17NO/c1-9-5-6-10-8-14-11(13(10)7-9)3-2-4-12(14)15(16)17/h5-7,12H,2-4,8H2,1H3,(H2,16,17)/t12-/m1/s1/i2D2,3D2,4D2,12D. The van der Waals surface area contributed by atoms with E-state index in [0.29, 0.717) is 11.1 Å². The molecule has 2 N–H and O–H groups in total. The molecule has 2 aliphatic carbocycles. The van der Waals surface area contributed by atoms with Crippen LogP contribution in [0.2, 0.25) is 0 Å². The van der Waals surface area contributed by atoms with Crippen LogP contribution in [0.25, 0.3) is 5.57 Å². The van der Waals surface area contributed by atoms with Gasteiger partial charge in [-0.25, -0.2) is 0 Å². The number of carbonyl (C=O) groups is 1. The first kappa shape index (κ1) is 5.38. The third-order valence-corrected chi connectivity index (χ3v) is 3.13. The van der Waals surface area contributed by atoms with E-state index in [1.807, 2.05) is 0 Å². The van der Waals surface area contributed by atoms with Crippen LogP contribution < -0.4 is 5.73 Å². The summed E-state index contributed by atoms with van der Waals surface area (Å²) in [4.78, 5) is 12.0. The zero-order valence-electron chi connectivity index (χ0n) is 16.4. The van der Waals surface area contributed by atoms with E-state index in [1.165, 1.54) is 0 Å². The molecule has 0 radical (unpaired) electrons. The maximum atomic E-state index is 12.0. The highest BCUT2D eigenvalue weighted by molar-refractivity contribution is 5.87. The van der Waals surface area contributed by atoms with Gasteiger partial charge in [-0.15, -0.1) is 0 Å². The Morgan fingerprint density at radius 1 is 1.59 bits per heavy atom. The molecule has 0 heterocycles. The zero-order valence-corrected chi connectivity index (χ0v) is 9.42. The lowest BCUT2D eigenvalue weighted by Crippen LogP contribution is -2.27. The molecule has 0 unspecified atom stereocenters. The molecule has 0 bridgehead atoms. The van der Waals surface area contributed by atoms with E-state index in [0.717, 1.165) is 5.56 Å². The molecule has 1 aromatic carbocycles. The number of hydrogen-bond acceptors (Lipinski definition) is 1. The minimum atomic E-state index is -3.12. The normalized spacial score (nSPS) is 41.6. The van der Waals surface area contributed by atoms with Gasteiger partial charge in [-0.1, -0.05) is 23.8 Å². The first-order valence-corrected chi connectivity index (χ1v) is 5.44. The summed E-state index contributed by atoms with van der Waals surface area (Å²) in [5.41, 5.74) is 7.00. The van der Waals surface area contributed by atoms with Gasteiger partial charge in [0.05, 0.1) is 5.89 Å². The molecule has 3 rings (SSSR count). The van der Waals surface area contributed by atoms with E-state index in [-0.39, 0.29) is 17.6 Å². The Morgan fingerprint density at radius 3 is 3.18 bits per heavy atom. The summed E-state index contributed by atoms with van der Waals surface area (Å²) in [5.74, 6) is -3.99. The summed E-state index contributed by atoms with van der Waals surface area (Å²) in [6.07, 6.45) is -8.93. The van der Waals surface area contributed by atoms with E-state index in [9.17, 15) is 4.79 Å². The number of carbonyl (C=O) groups excluding carboxylic acids is 1. The Bertz CT molecular complexity index is 799. The molecule has 0 saturated heterocycles. The van der Waals surface area contributed by atoms with Gasteiger partial charge in [0.25, 0.3) is 0 Å². The Morgan fingerprint density at radius 2 is 2.41 bits per heavy atom. The largest absolute Gasteiger partial charge is 0.369 e. The van der Waals surface area contributed by atoms with Gasteiger partial charge in [0.2, 0.25) is 5.91 Å². The fourth-order valence-electron chi connectivity index (χ4n) is 2.32. The highest BCUT2D eigenvalue weighted by atomic mass is 16.1. The van der Waals surface area contributed by atoms with Crippen LogP contribution in [0.15, 0.2) is 23.8 Å². The molecule has 1 aromatic rings. The highest BCUT2D eigenvalue weighted by Gasteiger charge is 2.32. The van der Waals surface area contributed by atoms with Crippen molar-refractivity contribution in [3.05, 3.63) is 40.5 Å². The molecule has 0 fully saturated rings. The molecule has 2 aliphatic rings. The molecule has 0 aromatic heterocycles. The fraction of sp³-hybridized carbons (Fsp3) is 0.400. The molecule has 1 amide bonds. The summed E-state index contributed by atoms with van der Waals surface area (Å²) < 4.78 is 57.4. The molecule has 88 valence electrons. The van der Waals surface area contributed by atoms with Gasteiger partial charge in [-0.3, -0.25) is 4.79 Å². The van der Waals surface area contributed by atoms with Crippen molar-refractivity contribution >= 4 is 11.5 Å². The van der Waals surface area contributed by atoms with Crippen LogP contribution in [-0.2, 0) is 11.2 Å². The van der Waals surface area contributed by atoms with Crippen LogP contribution in [0, 0.1) is 12.8 Å². The second-order valence-electron chi connectivity index (χ2n) is 4.31. The maximum absolute atomic E-state index is 12.0. The van der Waals surface area contributed by atoms with Gasteiger partial charge in [-0.05, 0) is 54.7 Å². The van der Waals surface area contributed by atoms with Gasteiger partial charge < -0.3 is 5.73 Å². The summed E-state index contributed by atoms with van der Waals surface area (Å²) >= 11 is 0. The summed E-state index contributed by atoms with van der Waals surface area (Å²) in [6, 6.07) is 5.20. The second-order valence-corrected chi connectivity index (χ2v) is 4.31. The molecular weight excluding hydrogens is 210 g/mol. The van der Waals surface area contributed by atoms with Crippen LogP contribution >= 0.6 is 0 Å². The Hall–Kier alpha value is -1.57. The van der Waals surface area contributed by atoms with Crippen molar-refractivity contribution in [3.8, 4) is 0 Å². The van der Waals surface area contributed by atoms with Crippen molar-refractivity contribution in [1.82, 2.24) is 0 Å². The molecule has 2 heteroatoms. The Labute approximate surface area is 111 Å². The molecule has 0 saturated carbocycles. The summed E-state index contributed by atoms with van der Waals surface area (Å²) in [7, 11) is 0.